The van der Waals surface area contributed by atoms with Crippen LogP contribution < -0.4 is 0 Å². The molecule has 1 fully saturated rings. The van der Waals surface area contributed by atoms with Gasteiger partial charge in [0.25, 0.3) is 0 Å². The molecule has 1 saturated heterocycles. The van der Waals surface area contributed by atoms with Crippen molar-refractivity contribution in [2.75, 3.05) is 25.6 Å². The van der Waals surface area contributed by atoms with Crippen molar-refractivity contribution in [1.82, 2.24) is 0 Å². The number of hydrogen-bond acceptors (Lipinski definition) is 4. The van der Waals surface area contributed by atoms with E-state index in [0.29, 0.717) is 19.6 Å². The first kappa shape index (κ1) is 11.2. The molecule has 0 aromatic rings. The average molecular weight is 229 g/mol. The second-order valence-electron chi connectivity index (χ2n) is 2.95. The number of ether oxygens (including phenoxy) is 2. The molecule has 1 rings (SSSR count). The van der Waals surface area contributed by atoms with Gasteiger partial charge in [0.2, 0.25) is 9.05 Å². The normalized spacial score (nSPS) is 23.6. The molecule has 0 radical (unpaired) electrons. The summed E-state index contributed by atoms with van der Waals surface area (Å²) < 4.78 is 31.5. The summed E-state index contributed by atoms with van der Waals surface area (Å²) in [5.41, 5.74) is 0. The summed E-state index contributed by atoms with van der Waals surface area (Å²) in [5.74, 6) is -0.0257. The molecule has 4 nitrogen and oxygen atoms in total. The molecular weight excluding hydrogens is 216 g/mol. The lowest BCUT2D eigenvalue weighted by molar-refractivity contribution is 0.0435. The number of halogens is 1. The zero-order valence-electron chi connectivity index (χ0n) is 7.24. The van der Waals surface area contributed by atoms with Gasteiger partial charge in [-0.15, -0.1) is 0 Å². The lowest BCUT2D eigenvalue weighted by atomic mass is 10.3. The lowest BCUT2D eigenvalue weighted by Gasteiger charge is -2.08. The van der Waals surface area contributed by atoms with Gasteiger partial charge in [-0.2, -0.15) is 0 Å². The van der Waals surface area contributed by atoms with Gasteiger partial charge in [0.05, 0.1) is 18.5 Å². The molecule has 13 heavy (non-hydrogen) atoms. The Kier molecular flexibility index (Phi) is 4.45. The Balaban J connectivity index is 2.01. The highest BCUT2D eigenvalue weighted by atomic mass is 35.7. The van der Waals surface area contributed by atoms with Gasteiger partial charge in [-0.1, -0.05) is 0 Å². The summed E-state index contributed by atoms with van der Waals surface area (Å²) >= 11 is 0. The molecule has 0 bridgehead atoms. The van der Waals surface area contributed by atoms with E-state index < -0.39 is 9.05 Å². The maximum absolute atomic E-state index is 10.5. The van der Waals surface area contributed by atoms with E-state index >= 15 is 0 Å². The van der Waals surface area contributed by atoms with Gasteiger partial charge < -0.3 is 9.47 Å². The van der Waals surface area contributed by atoms with E-state index in [1.807, 2.05) is 0 Å². The molecule has 1 heterocycles. The molecule has 0 N–H and O–H groups in total. The van der Waals surface area contributed by atoms with Gasteiger partial charge in [0.15, 0.2) is 0 Å². The third-order valence-corrected chi connectivity index (χ3v) is 3.01. The molecule has 1 aliphatic heterocycles. The quantitative estimate of drug-likeness (QED) is 0.515. The summed E-state index contributed by atoms with van der Waals surface area (Å²) in [6, 6.07) is 0. The predicted octanol–water partition coefficient (Wildman–Crippen LogP) is 0.751. The van der Waals surface area contributed by atoms with Crippen LogP contribution in [0, 0.1) is 0 Å². The first-order valence-corrected chi connectivity index (χ1v) is 6.67. The molecule has 0 aromatic heterocycles. The standard InChI is InChI=1S/C7H13ClO4S/c8-13(9,10)5-1-3-12-7-2-4-11-6-7/h7H,1-6H2. The second-order valence-corrected chi connectivity index (χ2v) is 5.85. The van der Waals surface area contributed by atoms with Crippen LogP contribution in [0.2, 0.25) is 0 Å². The van der Waals surface area contributed by atoms with Gasteiger partial charge in [0.1, 0.15) is 0 Å². The summed E-state index contributed by atoms with van der Waals surface area (Å²) in [7, 11) is 1.66. The molecule has 1 aliphatic rings. The Morgan fingerprint density at radius 3 is 2.85 bits per heavy atom. The van der Waals surface area contributed by atoms with Crippen molar-refractivity contribution < 1.29 is 17.9 Å². The molecule has 0 spiro atoms. The van der Waals surface area contributed by atoms with Crippen LogP contribution in [-0.2, 0) is 18.5 Å². The van der Waals surface area contributed by atoms with Crippen molar-refractivity contribution in [2.24, 2.45) is 0 Å². The first-order valence-electron chi connectivity index (χ1n) is 4.19. The fourth-order valence-corrected chi connectivity index (χ4v) is 1.92. The van der Waals surface area contributed by atoms with Crippen molar-refractivity contribution in [3.8, 4) is 0 Å². The fraction of sp³-hybridized carbons (Fsp3) is 1.00. The highest BCUT2D eigenvalue weighted by molar-refractivity contribution is 8.13. The molecule has 6 heteroatoms. The van der Waals surface area contributed by atoms with Crippen LogP contribution in [0.4, 0.5) is 0 Å². The Bertz CT molecular complexity index is 233. The zero-order valence-corrected chi connectivity index (χ0v) is 8.81. The minimum Gasteiger partial charge on any atom is -0.379 e. The molecule has 1 atom stereocenters. The van der Waals surface area contributed by atoms with Crippen molar-refractivity contribution in [3.63, 3.8) is 0 Å². The lowest BCUT2D eigenvalue weighted by Crippen LogP contribution is -2.14. The highest BCUT2D eigenvalue weighted by Gasteiger charge is 2.15. The highest BCUT2D eigenvalue weighted by Crippen LogP contribution is 2.08. The molecule has 0 aliphatic carbocycles. The Hall–Kier alpha value is 0.160. The van der Waals surface area contributed by atoms with E-state index in [0.717, 1.165) is 13.0 Å². The van der Waals surface area contributed by atoms with Gasteiger partial charge in [0, 0.05) is 23.9 Å². The fourth-order valence-electron chi connectivity index (χ4n) is 1.13. The number of rotatable bonds is 5. The molecule has 1 unspecified atom stereocenters. The van der Waals surface area contributed by atoms with Crippen LogP contribution in [0.15, 0.2) is 0 Å². The van der Waals surface area contributed by atoms with E-state index in [2.05, 4.69) is 0 Å². The van der Waals surface area contributed by atoms with Crippen molar-refractivity contribution >= 4 is 19.7 Å². The molecule has 78 valence electrons. The third kappa shape index (κ3) is 5.46. The third-order valence-electron chi connectivity index (χ3n) is 1.77. The van der Waals surface area contributed by atoms with Crippen LogP contribution in [0.5, 0.6) is 0 Å². The van der Waals surface area contributed by atoms with Gasteiger partial charge >= 0.3 is 0 Å². The minimum absolute atomic E-state index is 0.0257. The predicted molar refractivity (Wildman–Crippen MR) is 49.4 cm³/mol. The Labute approximate surface area is 82.6 Å². The van der Waals surface area contributed by atoms with Crippen molar-refractivity contribution in [3.05, 3.63) is 0 Å². The van der Waals surface area contributed by atoms with Crippen LogP contribution in [0.1, 0.15) is 12.8 Å². The number of hydrogen-bond donors (Lipinski definition) is 0. The maximum atomic E-state index is 10.5. The molecule has 0 saturated carbocycles. The maximum Gasteiger partial charge on any atom is 0.232 e. The zero-order chi connectivity index (χ0) is 9.73. The van der Waals surface area contributed by atoms with E-state index in [9.17, 15) is 8.42 Å². The van der Waals surface area contributed by atoms with E-state index in [-0.39, 0.29) is 11.9 Å². The van der Waals surface area contributed by atoms with Crippen LogP contribution in [0.25, 0.3) is 0 Å². The van der Waals surface area contributed by atoms with E-state index in [1.165, 1.54) is 0 Å². The average Bonchev–Trinajstić information content (AvgIpc) is 2.48. The summed E-state index contributed by atoms with van der Waals surface area (Å²) in [5, 5.41) is 0. The summed E-state index contributed by atoms with van der Waals surface area (Å²) in [4.78, 5) is 0. The molecule has 0 amide bonds. The van der Waals surface area contributed by atoms with Gasteiger partial charge in [-0.3, -0.25) is 0 Å². The smallest absolute Gasteiger partial charge is 0.232 e. The summed E-state index contributed by atoms with van der Waals surface area (Å²) in [6.07, 6.45) is 1.48. The van der Waals surface area contributed by atoms with E-state index in [4.69, 9.17) is 20.2 Å². The SMILES string of the molecule is O=S(=O)(Cl)CCCOC1CCOC1. The van der Waals surface area contributed by atoms with Crippen molar-refractivity contribution in [1.29, 1.82) is 0 Å². The largest absolute Gasteiger partial charge is 0.379 e. The summed E-state index contributed by atoms with van der Waals surface area (Å²) in [6.45, 7) is 1.78. The monoisotopic (exact) mass is 228 g/mol. The van der Waals surface area contributed by atoms with Crippen LogP contribution in [0.3, 0.4) is 0 Å². The Morgan fingerprint density at radius 2 is 2.31 bits per heavy atom. The molecule has 0 aromatic carbocycles. The second kappa shape index (κ2) is 5.14. The van der Waals surface area contributed by atoms with Gasteiger partial charge in [-0.25, -0.2) is 8.42 Å². The van der Waals surface area contributed by atoms with Gasteiger partial charge in [-0.05, 0) is 12.8 Å². The Morgan fingerprint density at radius 1 is 1.54 bits per heavy atom. The van der Waals surface area contributed by atoms with E-state index in [1.54, 1.807) is 0 Å². The van der Waals surface area contributed by atoms with Crippen LogP contribution in [-0.4, -0.2) is 40.1 Å². The van der Waals surface area contributed by atoms with Crippen LogP contribution >= 0.6 is 10.7 Å². The minimum atomic E-state index is -3.36. The first-order chi connectivity index (χ1) is 6.08. The molecular formula is C7H13ClO4S. The van der Waals surface area contributed by atoms with Crippen molar-refractivity contribution in [2.45, 2.75) is 18.9 Å². The topological polar surface area (TPSA) is 52.6 Å².